The first-order valence-corrected chi connectivity index (χ1v) is 6.33. The lowest BCUT2D eigenvalue weighted by molar-refractivity contribution is -0.137. The van der Waals surface area contributed by atoms with Crippen molar-refractivity contribution in [2.24, 2.45) is 0 Å². The van der Waals surface area contributed by atoms with E-state index in [4.69, 9.17) is 4.74 Å². The molecule has 0 saturated heterocycles. The van der Waals surface area contributed by atoms with Gasteiger partial charge in [-0.15, -0.1) is 0 Å². The number of nitrogens with one attached hydrogen (secondary N) is 1. The Balaban J connectivity index is 2.87. The number of rotatable bonds is 6. The van der Waals surface area contributed by atoms with Crippen LogP contribution >= 0.6 is 0 Å². The third-order valence-electron chi connectivity index (χ3n) is 2.95. The molecule has 1 atom stereocenters. The first kappa shape index (κ1) is 16.0. The topological polar surface area (TPSA) is 21.3 Å². The Morgan fingerprint density at radius 1 is 1.32 bits per heavy atom. The van der Waals surface area contributed by atoms with E-state index in [-0.39, 0.29) is 6.04 Å². The van der Waals surface area contributed by atoms with Crippen LogP contribution in [0.3, 0.4) is 0 Å². The number of hydrogen-bond acceptors (Lipinski definition) is 2. The monoisotopic (exact) mass is 275 g/mol. The van der Waals surface area contributed by atoms with Gasteiger partial charge in [0.25, 0.3) is 0 Å². The van der Waals surface area contributed by atoms with Crippen molar-refractivity contribution in [1.82, 2.24) is 5.32 Å². The van der Waals surface area contributed by atoms with E-state index >= 15 is 0 Å². The first-order valence-electron chi connectivity index (χ1n) is 6.33. The molecule has 0 radical (unpaired) electrons. The van der Waals surface area contributed by atoms with E-state index in [1.165, 1.54) is 12.1 Å². The normalized spacial score (nSPS) is 13.6. The zero-order valence-corrected chi connectivity index (χ0v) is 11.5. The third-order valence-corrected chi connectivity index (χ3v) is 2.95. The Morgan fingerprint density at radius 2 is 2.00 bits per heavy atom. The number of alkyl halides is 3. The quantitative estimate of drug-likeness (QED) is 0.799. The fourth-order valence-electron chi connectivity index (χ4n) is 1.92. The average molecular weight is 275 g/mol. The van der Waals surface area contributed by atoms with Gasteiger partial charge in [0.05, 0.1) is 18.2 Å². The summed E-state index contributed by atoms with van der Waals surface area (Å²) >= 11 is 0. The highest BCUT2D eigenvalue weighted by atomic mass is 19.4. The highest BCUT2D eigenvalue weighted by Gasteiger charge is 2.31. The SMILES string of the molecule is CCCOCC(NC)c1ccc(C(F)(F)F)cc1C. The zero-order chi connectivity index (χ0) is 14.5. The molecule has 0 aliphatic rings. The van der Waals surface area contributed by atoms with Gasteiger partial charge >= 0.3 is 6.18 Å². The molecule has 0 aliphatic heterocycles. The molecule has 0 amide bonds. The van der Waals surface area contributed by atoms with Crippen molar-refractivity contribution < 1.29 is 17.9 Å². The van der Waals surface area contributed by atoms with Crippen LogP contribution in [0.1, 0.15) is 36.1 Å². The molecule has 0 spiro atoms. The molecule has 1 unspecified atom stereocenters. The van der Waals surface area contributed by atoms with Gasteiger partial charge in [0.15, 0.2) is 0 Å². The number of halogens is 3. The van der Waals surface area contributed by atoms with Crippen molar-refractivity contribution in [3.8, 4) is 0 Å². The lowest BCUT2D eigenvalue weighted by Gasteiger charge is -2.20. The number of aryl methyl sites for hydroxylation is 1. The Hall–Kier alpha value is -1.07. The zero-order valence-electron chi connectivity index (χ0n) is 11.5. The Bertz CT molecular complexity index is 404. The van der Waals surface area contributed by atoms with Crippen molar-refractivity contribution in [2.45, 2.75) is 32.5 Å². The lowest BCUT2D eigenvalue weighted by Crippen LogP contribution is -2.23. The molecule has 2 nitrogen and oxygen atoms in total. The summed E-state index contributed by atoms with van der Waals surface area (Å²) in [6, 6.07) is 3.73. The summed E-state index contributed by atoms with van der Waals surface area (Å²) < 4.78 is 43.2. The summed E-state index contributed by atoms with van der Waals surface area (Å²) in [6.07, 6.45) is -3.38. The Kier molecular flexibility index (Phi) is 5.82. The van der Waals surface area contributed by atoms with Crippen LogP contribution in [0.15, 0.2) is 18.2 Å². The van der Waals surface area contributed by atoms with Crippen LogP contribution < -0.4 is 5.32 Å². The minimum atomic E-state index is -4.29. The molecule has 0 bridgehead atoms. The summed E-state index contributed by atoms with van der Waals surface area (Å²) in [5.41, 5.74) is 0.846. The molecule has 1 aromatic rings. The van der Waals surface area contributed by atoms with E-state index in [9.17, 15) is 13.2 Å². The van der Waals surface area contributed by atoms with Crippen LogP contribution in [0, 0.1) is 6.92 Å². The van der Waals surface area contributed by atoms with Crippen LogP contribution in [0.2, 0.25) is 0 Å². The van der Waals surface area contributed by atoms with E-state index < -0.39 is 11.7 Å². The molecule has 5 heteroatoms. The van der Waals surface area contributed by atoms with Gasteiger partial charge in [0.2, 0.25) is 0 Å². The number of ether oxygens (including phenoxy) is 1. The molecule has 19 heavy (non-hydrogen) atoms. The highest BCUT2D eigenvalue weighted by molar-refractivity contribution is 5.34. The van der Waals surface area contributed by atoms with Crippen molar-refractivity contribution in [2.75, 3.05) is 20.3 Å². The number of likely N-dealkylation sites (N-methyl/N-ethyl adjacent to an activating group) is 1. The minimum absolute atomic E-state index is 0.0890. The Labute approximate surface area is 112 Å². The minimum Gasteiger partial charge on any atom is -0.379 e. The van der Waals surface area contributed by atoms with Crippen LogP contribution in [0.5, 0.6) is 0 Å². The van der Waals surface area contributed by atoms with Crippen LogP contribution in [-0.2, 0) is 10.9 Å². The maximum atomic E-state index is 12.6. The second kappa shape index (κ2) is 6.91. The number of benzene rings is 1. The first-order chi connectivity index (χ1) is 8.90. The van der Waals surface area contributed by atoms with Crippen LogP contribution in [0.25, 0.3) is 0 Å². The molecular weight excluding hydrogens is 255 g/mol. The van der Waals surface area contributed by atoms with Gasteiger partial charge in [0, 0.05) is 6.61 Å². The van der Waals surface area contributed by atoms with Gasteiger partial charge in [-0.05, 0) is 43.7 Å². The standard InChI is InChI=1S/C14H20F3NO/c1-4-7-19-9-13(18-3)12-6-5-11(8-10(12)2)14(15,16)17/h5-6,8,13,18H,4,7,9H2,1-3H3. The van der Waals surface area contributed by atoms with Gasteiger partial charge in [-0.2, -0.15) is 13.2 Å². The maximum absolute atomic E-state index is 12.6. The molecule has 108 valence electrons. The van der Waals surface area contributed by atoms with E-state index in [2.05, 4.69) is 5.32 Å². The van der Waals surface area contributed by atoms with E-state index in [1.807, 2.05) is 6.92 Å². The third kappa shape index (κ3) is 4.51. The fourth-order valence-corrected chi connectivity index (χ4v) is 1.92. The van der Waals surface area contributed by atoms with Crippen molar-refractivity contribution in [3.63, 3.8) is 0 Å². The van der Waals surface area contributed by atoms with Gasteiger partial charge in [-0.1, -0.05) is 13.0 Å². The summed E-state index contributed by atoms with van der Waals surface area (Å²) in [4.78, 5) is 0. The van der Waals surface area contributed by atoms with E-state index in [0.29, 0.717) is 18.8 Å². The maximum Gasteiger partial charge on any atom is 0.416 e. The van der Waals surface area contributed by atoms with Crippen LogP contribution in [-0.4, -0.2) is 20.3 Å². The van der Waals surface area contributed by atoms with Gasteiger partial charge in [-0.25, -0.2) is 0 Å². The van der Waals surface area contributed by atoms with Gasteiger partial charge < -0.3 is 10.1 Å². The molecule has 0 fully saturated rings. The molecule has 0 aromatic heterocycles. The van der Waals surface area contributed by atoms with E-state index in [0.717, 1.165) is 18.1 Å². The second-order valence-corrected chi connectivity index (χ2v) is 4.49. The molecule has 0 aliphatic carbocycles. The fraction of sp³-hybridized carbons (Fsp3) is 0.571. The summed E-state index contributed by atoms with van der Waals surface area (Å²) in [5.74, 6) is 0. The smallest absolute Gasteiger partial charge is 0.379 e. The predicted octanol–water partition coefficient (Wildman–Crippen LogP) is 3.70. The van der Waals surface area contributed by atoms with Crippen molar-refractivity contribution in [1.29, 1.82) is 0 Å². The molecule has 1 N–H and O–H groups in total. The van der Waals surface area contributed by atoms with E-state index in [1.54, 1.807) is 14.0 Å². The summed E-state index contributed by atoms with van der Waals surface area (Å²) in [5, 5.41) is 3.07. The molecular formula is C14H20F3NO. The molecule has 1 aromatic carbocycles. The van der Waals surface area contributed by atoms with Crippen molar-refractivity contribution >= 4 is 0 Å². The molecule has 1 rings (SSSR count). The predicted molar refractivity (Wildman–Crippen MR) is 69.1 cm³/mol. The second-order valence-electron chi connectivity index (χ2n) is 4.49. The largest absolute Gasteiger partial charge is 0.416 e. The molecule has 0 saturated carbocycles. The van der Waals surface area contributed by atoms with Gasteiger partial charge in [0.1, 0.15) is 0 Å². The number of hydrogen-bond donors (Lipinski definition) is 1. The van der Waals surface area contributed by atoms with Crippen LogP contribution in [0.4, 0.5) is 13.2 Å². The molecule has 0 heterocycles. The summed E-state index contributed by atoms with van der Waals surface area (Å²) in [6.45, 7) is 4.81. The Morgan fingerprint density at radius 3 is 2.47 bits per heavy atom. The van der Waals surface area contributed by atoms with Gasteiger partial charge in [-0.3, -0.25) is 0 Å². The highest BCUT2D eigenvalue weighted by Crippen LogP contribution is 2.31. The van der Waals surface area contributed by atoms with Crippen molar-refractivity contribution in [3.05, 3.63) is 34.9 Å². The lowest BCUT2D eigenvalue weighted by atomic mass is 9.99. The summed E-state index contributed by atoms with van der Waals surface area (Å²) in [7, 11) is 1.77. The average Bonchev–Trinajstić information content (AvgIpc) is 2.34.